The molecule has 132 valence electrons. The molecule has 0 unspecified atom stereocenters. The van der Waals surface area contributed by atoms with Crippen LogP contribution in [0.2, 0.25) is 0 Å². The normalized spacial score (nSPS) is 23.4. The Morgan fingerprint density at radius 1 is 1.29 bits per heavy atom. The first kappa shape index (κ1) is 18.8. The summed E-state index contributed by atoms with van der Waals surface area (Å²) in [6, 6.07) is 5.18. The molecule has 0 aliphatic heterocycles. The van der Waals surface area contributed by atoms with E-state index in [-0.39, 0.29) is 18.6 Å². The third kappa shape index (κ3) is 4.72. The van der Waals surface area contributed by atoms with E-state index in [0.717, 1.165) is 12.8 Å². The predicted octanol–water partition coefficient (Wildman–Crippen LogP) is 3.56. The second-order valence-electron chi connectivity index (χ2n) is 6.36. The summed E-state index contributed by atoms with van der Waals surface area (Å²) in [4.78, 5) is 24.2. The Kier molecular flexibility index (Phi) is 6.66. The third-order valence-electron chi connectivity index (χ3n) is 4.78. The van der Waals surface area contributed by atoms with E-state index < -0.39 is 5.97 Å². The van der Waals surface area contributed by atoms with Crippen LogP contribution in [0.25, 0.3) is 0 Å². The lowest BCUT2D eigenvalue weighted by Crippen LogP contribution is -2.45. The monoisotopic (exact) mass is 397 g/mol. The molecule has 0 spiro atoms. The van der Waals surface area contributed by atoms with Gasteiger partial charge in [0.2, 0.25) is 0 Å². The molecule has 1 fully saturated rings. The Balaban J connectivity index is 1.88. The second-order valence-corrected chi connectivity index (χ2v) is 7.22. The summed E-state index contributed by atoms with van der Waals surface area (Å²) in [5.41, 5.74) is 0.335. The van der Waals surface area contributed by atoms with Crippen LogP contribution >= 0.6 is 15.9 Å². The summed E-state index contributed by atoms with van der Waals surface area (Å²) in [7, 11) is 1.53. The van der Waals surface area contributed by atoms with E-state index in [1.165, 1.54) is 13.5 Å². The van der Waals surface area contributed by atoms with Gasteiger partial charge in [-0.3, -0.25) is 4.79 Å². The van der Waals surface area contributed by atoms with Gasteiger partial charge in [-0.15, -0.1) is 0 Å². The van der Waals surface area contributed by atoms with Crippen LogP contribution in [0, 0.1) is 11.8 Å². The molecule has 5 nitrogen and oxygen atoms in total. The van der Waals surface area contributed by atoms with Crippen molar-refractivity contribution in [1.29, 1.82) is 0 Å². The first-order chi connectivity index (χ1) is 11.4. The molecule has 0 radical (unpaired) electrons. The van der Waals surface area contributed by atoms with Crippen LogP contribution < -0.4 is 10.1 Å². The molecule has 1 aromatic carbocycles. The molecular weight excluding hydrogens is 374 g/mol. The van der Waals surface area contributed by atoms with Gasteiger partial charge in [0.15, 0.2) is 6.61 Å². The highest BCUT2D eigenvalue weighted by molar-refractivity contribution is 9.10. The van der Waals surface area contributed by atoms with Gasteiger partial charge in [-0.2, -0.15) is 0 Å². The highest BCUT2D eigenvalue weighted by atomic mass is 79.9. The average Bonchev–Trinajstić information content (AvgIpc) is 2.57. The fraction of sp³-hybridized carbons (Fsp3) is 0.556. The molecule has 6 heteroatoms. The van der Waals surface area contributed by atoms with E-state index in [1.54, 1.807) is 18.2 Å². The number of methoxy groups -OCH3 is 1. The molecule has 0 saturated heterocycles. The maximum Gasteiger partial charge on any atom is 0.339 e. The van der Waals surface area contributed by atoms with Gasteiger partial charge in [0.1, 0.15) is 5.75 Å². The molecule has 3 atom stereocenters. The van der Waals surface area contributed by atoms with E-state index in [0.29, 0.717) is 27.6 Å². The lowest BCUT2D eigenvalue weighted by molar-refractivity contribution is -0.125. The van der Waals surface area contributed by atoms with Gasteiger partial charge in [0.25, 0.3) is 5.91 Å². The fourth-order valence-corrected chi connectivity index (χ4v) is 3.44. The molecule has 2 rings (SSSR count). The first-order valence-corrected chi connectivity index (χ1v) is 9.01. The van der Waals surface area contributed by atoms with Crippen LogP contribution in [0.4, 0.5) is 0 Å². The van der Waals surface area contributed by atoms with Crippen molar-refractivity contribution in [1.82, 2.24) is 5.32 Å². The third-order valence-corrected chi connectivity index (χ3v) is 5.47. The van der Waals surface area contributed by atoms with Crippen LogP contribution in [0.5, 0.6) is 5.75 Å². The van der Waals surface area contributed by atoms with Crippen molar-refractivity contribution < 1.29 is 19.1 Å². The van der Waals surface area contributed by atoms with Crippen molar-refractivity contribution in [2.45, 2.75) is 39.2 Å². The SMILES string of the molecule is COc1ccc(Br)c(C(=O)OCC(=O)N[C@H]2CCC[C@@H](C)[C@H]2C)c1. The predicted molar refractivity (Wildman–Crippen MR) is 95.1 cm³/mol. The van der Waals surface area contributed by atoms with E-state index in [2.05, 4.69) is 35.1 Å². The molecule has 24 heavy (non-hydrogen) atoms. The smallest absolute Gasteiger partial charge is 0.339 e. The Morgan fingerprint density at radius 2 is 2.04 bits per heavy atom. The second kappa shape index (κ2) is 8.51. The number of hydrogen-bond acceptors (Lipinski definition) is 4. The minimum absolute atomic E-state index is 0.156. The molecule has 1 aromatic rings. The van der Waals surface area contributed by atoms with Crippen molar-refractivity contribution in [3.63, 3.8) is 0 Å². The quantitative estimate of drug-likeness (QED) is 0.771. The zero-order chi connectivity index (χ0) is 17.7. The topological polar surface area (TPSA) is 64.6 Å². The molecular formula is C18H24BrNO4. The number of carbonyl (C=O) groups excluding carboxylic acids is 2. The van der Waals surface area contributed by atoms with Gasteiger partial charge < -0.3 is 14.8 Å². The number of amides is 1. The summed E-state index contributed by atoms with van der Waals surface area (Å²) in [6.45, 7) is 4.09. The number of nitrogens with one attached hydrogen (secondary N) is 1. The van der Waals surface area contributed by atoms with Gasteiger partial charge >= 0.3 is 5.97 Å². The lowest BCUT2D eigenvalue weighted by atomic mass is 9.78. The fourth-order valence-electron chi connectivity index (χ4n) is 3.03. The zero-order valence-electron chi connectivity index (χ0n) is 14.3. The summed E-state index contributed by atoms with van der Waals surface area (Å²) >= 11 is 3.30. The van der Waals surface area contributed by atoms with E-state index >= 15 is 0 Å². The van der Waals surface area contributed by atoms with Crippen molar-refractivity contribution in [2.75, 3.05) is 13.7 Å². The number of esters is 1. The number of benzene rings is 1. The van der Waals surface area contributed by atoms with E-state index in [9.17, 15) is 9.59 Å². The van der Waals surface area contributed by atoms with Gasteiger partial charge in [0, 0.05) is 10.5 Å². The number of carbonyl (C=O) groups is 2. The Bertz CT molecular complexity index is 605. The van der Waals surface area contributed by atoms with Crippen LogP contribution in [0.3, 0.4) is 0 Å². The summed E-state index contributed by atoms with van der Waals surface area (Å²) < 4.78 is 10.8. The van der Waals surface area contributed by atoms with Crippen LogP contribution in [-0.2, 0) is 9.53 Å². The van der Waals surface area contributed by atoms with E-state index in [1.807, 2.05) is 0 Å². The molecule has 0 heterocycles. The highest BCUT2D eigenvalue weighted by Crippen LogP contribution is 2.29. The van der Waals surface area contributed by atoms with Gasteiger partial charge in [-0.1, -0.05) is 26.7 Å². The van der Waals surface area contributed by atoms with Crippen molar-refractivity contribution in [3.8, 4) is 5.75 Å². The maximum atomic E-state index is 12.2. The lowest BCUT2D eigenvalue weighted by Gasteiger charge is -2.34. The molecule has 1 N–H and O–H groups in total. The van der Waals surface area contributed by atoms with Crippen molar-refractivity contribution in [2.24, 2.45) is 11.8 Å². The Hall–Kier alpha value is -1.56. The molecule has 1 aliphatic carbocycles. The molecule has 0 bridgehead atoms. The van der Waals surface area contributed by atoms with Crippen molar-refractivity contribution >= 4 is 27.8 Å². The van der Waals surface area contributed by atoms with Crippen LogP contribution in [0.1, 0.15) is 43.5 Å². The summed E-state index contributed by atoms with van der Waals surface area (Å²) in [5, 5.41) is 2.99. The molecule has 0 aromatic heterocycles. The minimum Gasteiger partial charge on any atom is -0.497 e. The van der Waals surface area contributed by atoms with E-state index in [4.69, 9.17) is 9.47 Å². The van der Waals surface area contributed by atoms with Crippen LogP contribution in [0.15, 0.2) is 22.7 Å². The van der Waals surface area contributed by atoms with Gasteiger partial charge in [-0.25, -0.2) is 4.79 Å². The van der Waals surface area contributed by atoms with Crippen molar-refractivity contribution in [3.05, 3.63) is 28.2 Å². The molecule has 1 saturated carbocycles. The van der Waals surface area contributed by atoms with Gasteiger partial charge in [0.05, 0.1) is 12.7 Å². The maximum absolute atomic E-state index is 12.2. The first-order valence-electron chi connectivity index (χ1n) is 8.22. The largest absolute Gasteiger partial charge is 0.497 e. The standard InChI is InChI=1S/C18H24BrNO4/c1-11-5-4-6-16(12(11)2)20-17(21)10-24-18(22)14-9-13(23-3)7-8-15(14)19/h7-9,11-12,16H,4-6,10H2,1-3H3,(H,20,21)/t11-,12-,16+/m1/s1. The van der Waals surface area contributed by atoms with Gasteiger partial charge in [-0.05, 0) is 52.4 Å². The minimum atomic E-state index is -0.555. The Morgan fingerprint density at radius 3 is 2.75 bits per heavy atom. The molecule has 1 amide bonds. The number of ether oxygens (including phenoxy) is 2. The highest BCUT2D eigenvalue weighted by Gasteiger charge is 2.28. The number of halogens is 1. The van der Waals surface area contributed by atoms with Crippen LogP contribution in [-0.4, -0.2) is 31.6 Å². The summed E-state index contributed by atoms with van der Waals surface area (Å²) in [6.07, 6.45) is 3.30. The molecule has 1 aliphatic rings. The Labute approximate surface area is 151 Å². The summed E-state index contributed by atoms with van der Waals surface area (Å²) in [5.74, 6) is 0.777. The average molecular weight is 398 g/mol. The number of rotatable bonds is 5. The zero-order valence-corrected chi connectivity index (χ0v) is 15.9. The number of hydrogen-bond donors (Lipinski definition) is 1.